The van der Waals surface area contributed by atoms with E-state index < -0.39 is 68.5 Å². The average Bonchev–Trinajstić information content (AvgIpc) is 2.91. The predicted molar refractivity (Wildman–Crippen MR) is 143 cm³/mol. The summed E-state index contributed by atoms with van der Waals surface area (Å²) in [5.74, 6) is -4.61. The third-order valence-corrected chi connectivity index (χ3v) is 7.21. The minimum absolute atomic E-state index is 0.119. The lowest BCUT2D eigenvalue weighted by Gasteiger charge is -2.30. The second-order valence-corrected chi connectivity index (χ2v) is 10.4. The van der Waals surface area contributed by atoms with Crippen LogP contribution in [0.15, 0.2) is 54.6 Å². The zero-order chi connectivity index (χ0) is 29.2. The number of carboxylic acids is 1. The maximum Gasteiger partial charge on any atom is 0.410 e. The van der Waals surface area contributed by atoms with Crippen LogP contribution in [0.4, 0.5) is 4.79 Å². The van der Waals surface area contributed by atoms with Crippen molar-refractivity contribution in [3.8, 4) is 11.1 Å². The Balaban J connectivity index is 2.26. The Labute approximate surface area is 228 Å². The topological polar surface area (TPSA) is 168 Å². The number of ether oxygens (including phenoxy) is 2. The monoisotopic (exact) mass is 561 g/mol. The van der Waals surface area contributed by atoms with Gasteiger partial charge in [-0.25, -0.2) is 4.79 Å². The van der Waals surface area contributed by atoms with E-state index in [1.165, 1.54) is 13.8 Å². The summed E-state index contributed by atoms with van der Waals surface area (Å²) >= 11 is 0. The lowest BCUT2D eigenvalue weighted by Crippen LogP contribution is -2.57. The van der Waals surface area contributed by atoms with E-state index in [2.05, 4.69) is 10.6 Å². The molecule has 39 heavy (non-hydrogen) atoms. The third kappa shape index (κ3) is 8.87. The fourth-order valence-electron chi connectivity index (χ4n) is 3.62. The lowest BCUT2D eigenvalue weighted by molar-refractivity contribution is -0.155. The van der Waals surface area contributed by atoms with Crippen molar-refractivity contribution in [2.24, 2.45) is 11.8 Å². The minimum atomic E-state index is -2.31. The van der Waals surface area contributed by atoms with E-state index >= 15 is 0 Å². The largest absolute Gasteiger partial charge is 0.480 e. The zero-order valence-corrected chi connectivity index (χ0v) is 23.2. The summed E-state index contributed by atoms with van der Waals surface area (Å²) in [6, 6.07) is 14.1. The van der Waals surface area contributed by atoms with E-state index in [4.69, 9.17) is 9.47 Å². The zero-order valence-electron chi connectivity index (χ0n) is 22.2. The number of aliphatic carboxylic acids is 1. The Hall–Kier alpha value is -3.82. The van der Waals surface area contributed by atoms with Crippen molar-refractivity contribution < 1.29 is 43.4 Å². The van der Waals surface area contributed by atoms with Crippen LogP contribution in [0.25, 0.3) is 11.1 Å². The van der Waals surface area contributed by atoms with Crippen LogP contribution in [0.3, 0.4) is 0 Å². The van der Waals surface area contributed by atoms with Gasteiger partial charge in [0.15, 0.2) is 0 Å². The van der Waals surface area contributed by atoms with Crippen molar-refractivity contribution in [1.82, 2.24) is 10.6 Å². The molecule has 2 aromatic carbocycles. The molecule has 210 valence electrons. The van der Waals surface area contributed by atoms with Crippen molar-refractivity contribution in [1.29, 1.82) is 0 Å². The van der Waals surface area contributed by atoms with Gasteiger partial charge in [0.05, 0.1) is 5.92 Å². The molecule has 0 radical (unpaired) electrons. The average molecular weight is 562 g/mol. The molecule has 0 heterocycles. The Morgan fingerprint density at radius 2 is 1.49 bits per heavy atom. The number of esters is 1. The molecular weight excluding hydrogens is 527 g/mol. The van der Waals surface area contributed by atoms with Gasteiger partial charge in [0.2, 0.25) is 12.7 Å². The second-order valence-electron chi connectivity index (χ2n) is 9.35. The summed E-state index contributed by atoms with van der Waals surface area (Å²) in [6.07, 6.45) is -1.20. The molecule has 0 saturated heterocycles. The maximum absolute atomic E-state index is 13.2. The highest BCUT2D eigenvalue weighted by atomic mass is 31.1. The molecule has 0 aliphatic carbocycles. The summed E-state index contributed by atoms with van der Waals surface area (Å²) in [5, 5.41) is 23.0. The number of nitrogens with one attached hydrogen (secondary N) is 2. The molecule has 5 unspecified atom stereocenters. The molecule has 4 N–H and O–H groups in total. The number of carbonyl (C=O) groups excluding carboxylic acids is 3. The number of alkyl carbamates (subject to hydrolysis) is 1. The van der Waals surface area contributed by atoms with Crippen LogP contribution in [-0.2, 0) is 34.8 Å². The van der Waals surface area contributed by atoms with Gasteiger partial charge in [-0.1, -0.05) is 73.0 Å². The van der Waals surface area contributed by atoms with Gasteiger partial charge in [-0.05, 0) is 37.0 Å². The Morgan fingerprint density at radius 1 is 0.897 bits per heavy atom. The molecule has 12 heteroatoms. The van der Waals surface area contributed by atoms with Crippen LogP contribution in [-0.4, -0.2) is 58.4 Å². The van der Waals surface area contributed by atoms with Gasteiger partial charge in [-0.15, -0.1) is 0 Å². The lowest BCUT2D eigenvalue weighted by atomic mass is 9.88. The van der Waals surface area contributed by atoms with Gasteiger partial charge in [-0.3, -0.25) is 14.4 Å². The molecule has 0 saturated carbocycles. The second kappa shape index (κ2) is 14.4. The van der Waals surface area contributed by atoms with E-state index in [0.29, 0.717) is 5.56 Å². The van der Waals surface area contributed by atoms with Crippen LogP contribution in [0.5, 0.6) is 0 Å². The Bertz CT molecular complexity index is 1160. The highest BCUT2D eigenvalue weighted by Crippen LogP contribution is 2.36. The van der Waals surface area contributed by atoms with Crippen LogP contribution < -0.4 is 10.6 Å². The Morgan fingerprint density at radius 3 is 2.03 bits per heavy atom. The van der Waals surface area contributed by atoms with E-state index in [1.807, 2.05) is 42.5 Å². The first-order valence-electron chi connectivity index (χ1n) is 12.3. The molecule has 0 aromatic heterocycles. The highest BCUT2D eigenvalue weighted by molar-refractivity contribution is 7.25. The van der Waals surface area contributed by atoms with Crippen molar-refractivity contribution in [3.05, 3.63) is 60.2 Å². The number of rotatable bonds is 13. The van der Waals surface area contributed by atoms with E-state index in [-0.39, 0.29) is 6.42 Å². The number of benzene rings is 2. The SMILES string of the molecule is CC(C)C(=O)OCOC(=O)NC(C)C(O)([PH+]=O)C(Cc1ccc(-c2ccccc2)cc1)C(=O)NC(C)C(=O)O. The van der Waals surface area contributed by atoms with E-state index in [9.17, 15) is 34.0 Å². The van der Waals surface area contributed by atoms with Crippen LogP contribution >= 0.6 is 8.46 Å². The third-order valence-electron chi connectivity index (χ3n) is 6.10. The molecule has 0 aliphatic heterocycles. The van der Waals surface area contributed by atoms with E-state index in [1.54, 1.807) is 26.0 Å². The number of aliphatic hydroxyl groups is 1. The quantitative estimate of drug-likeness (QED) is 0.163. The van der Waals surface area contributed by atoms with Crippen molar-refractivity contribution in [2.45, 2.75) is 51.5 Å². The first-order valence-corrected chi connectivity index (χ1v) is 13.2. The normalized spacial score (nSPS) is 14.9. The Kier molecular flexibility index (Phi) is 11.6. The number of amides is 2. The maximum atomic E-state index is 13.2. The molecule has 2 rings (SSSR count). The summed E-state index contributed by atoms with van der Waals surface area (Å²) in [4.78, 5) is 48.3. The molecule has 11 nitrogen and oxygen atoms in total. The predicted octanol–water partition coefficient (Wildman–Crippen LogP) is 3.09. The van der Waals surface area contributed by atoms with Crippen LogP contribution in [0.2, 0.25) is 0 Å². The number of carboxylic acid groups (broad SMARTS) is 1. The molecule has 2 aromatic rings. The number of carbonyl (C=O) groups is 4. The first-order chi connectivity index (χ1) is 18.4. The standard InChI is InChI=1S/C27H33N2O9P/c1-16(2)25(33)37-15-38-26(34)29-18(4)27(35,39-36)22(23(30)28-17(3)24(31)32)14-19-10-12-21(13-11-19)20-8-6-5-7-9-20/h5-13,16-18,22,35H,14-15H2,1-4H3,(H,28,30)(H,29,34)(H,31,32)/p+1. The summed E-state index contributed by atoms with van der Waals surface area (Å²) in [7, 11) is -1.49. The number of hydrogen-bond donors (Lipinski definition) is 4. The van der Waals surface area contributed by atoms with Gasteiger partial charge in [0, 0.05) is 0 Å². The van der Waals surface area contributed by atoms with Gasteiger partial charge in [0.1, 0.15) is 18.0 Å². The van der Waals surface area contributed by atoms with E-state index in [0.717, 1.165) is 11.1 Å². The fourth-order valence-corrected chi connectivity index (χ4v) is 4.25. The molecule has 0 aliphatic rings. The molecule has 0 fully saturated rings. The van der Waals surface area contributed by atoms with Gasteiger partial charge < -0.3 is 30.3 Å². The van der Waals surface area contributed by atoms with Crippen LogP contribution in [0.1, 0.15) is 33.3 Å². The smallest absolute Gasteiger partial charge is 0.410 e. The summed E-state index contributed by atoms with van der Waals surface area (Å²) in [5.41, 5.74) is 2.49. The molecule has 5 atom stereocenters. The van der Waals surface area contributed by atoms with Crippen LogP contribution in [0, 0.1) is 11.8 Å². The van der Waals surface area contributed by atoms with Gasteiger partial charge in [0.25, 0.3) is 5.34 Å². The summed E-state index contributed by atoms with van der Waals surface area (Å²) < 4.78 is 21.9. The van der Waals surface area contributed by atoms with Crippen molar-refractivity contribution >= 4 is 32.4 Å². The fraction of sp³-hybridized carbons (Fsp3) is 0.407. The van der Waals surface area contributed by atoms with Gasteiger partial charge >= 0.3 is 26.5 Å². The van der Waals surface area contributed by atoms with Gasteiger partial charge in [-0.2, -0.15) is 0 Å². The molecule has 0 bridgehead atoms. The molecular formula is C27H34N2O9P+. The van der Waals surface area contributed by atoms with Crippen molar-refractivity contribution in [2.75, 3.05) is 6.79 Å². The summed E-state index contributed by atoms with van der Waals surface area (Å²) in [6.45, 7) is 5.10. The molecule has 0 spiro atoms. The minimum Gasteiger partial charge on any atom is -0.480 e. The number of hydrogen-bond acceptors (Lipinski definition) is 8. The van der Waals surface area contributed by atoms with Crippen molar-refractivity contribution in [3.63, 3.8) is 0 Å². The molecule has 2 amide bonds. The first kappa shape index (κ1) is 31.4. The highest BCUT2D eigenvalue weighted by Gasteiger charge is 2.54.